The van der Waals surface area contributed by atoms with Crippen LogP contribution in [0.25, 0.3) is 0 Å². The predicted molar refractivity (Wildman–Crippen MR) is 80.4 cm³/mol. The Kier molecular flexibility index (Phi) is 7.27. The average molecular weight is 324 g/mol. The highest BCUT2D eigenvalue weighted by Crippen LogP contribution is 2.33. The molecule has 1 heterocycles. The van der Waals surface area contributed by atoms with E-state index in [1.54, 1.807) is 0 Å². The van der Waals surface area contributed by atoms with Crippen molar-refractivity contribution in [3.8, 4) is 0 Å². The van der Waals surface area contributed by atoms with Gasteiger partial charge < -0.3 is 4.90 Å². The fourth-order valence-electron chi connectivity index (χ4n) is 2.83. The van der Waals surface area contributed by atoms with E-state index in [9.17, 15) is 4.21 Å². The molecule has 0 unspecified atom stereocenters. The Morgan fingerprint density at radius 1 is 1.18 bits per heavy atom. The third-order valence-electron chi connectivity index (χ3n) is 3.67. The van der Waals surface area contributed by atoms with Crippen molar-refractivity contribution in [1.82, 2.24) is 4.90 Å². The molecule has 1 fully saturated rings. The van der Waals surface area contributed by atoms with Crippen molar-refractivity contribution >= 4 is 26.7 Å². The zero-order chi connectivity index (χ0) is 12.7. The lowest BCUT2D eigenvalue weighted by molar-refractivity contribution is 0.156. The van der Waals surface area contributed by atoms with Gasteiger partial charge in [-0.3, -0.25) is 4.21 Å². The first-order valence-electron chi connectivity index (χ1n) is 6.79. The van der Waals surface area contributed by atoms with Crippen molar-refractivity contribution < 1.29 is 4.21 Å². The normalized spacial score (nSPS) is 19.7. The van der Waals surface area contributed by atoms with Crippen LogP contribution < -0.4 is 0 Å². The number of alkyl halides is 1. The quantitative estimate of drug-likeness (QED) is 0.671. The fraction of sp³-hybridized carbons (Fsp3) is 1.00. The van der Waals surface area contributed by atoms with Crippen LogP contribution in [-0.2, 0) is 10.8 Å². The Morgan fingerprint density at radius 2 is 1.71 bits per heavy atom. The second-order valence-corrected chi connectivity index (χ2v) is 7.51. The summed E-state index contributed by atoms with van der Waals surface area (Å²) in [5.41, 5.74) is 0.433. The van der Waals surface area contributed by atoms with Crippen molar-refractivity contribution in [1.29, 1.82) is 0 Å². The molecule has 0 aromatic heterocycles. The van der Waals surface area contributed by atoms with Gasteiger partial charge in [0.15, 0.2) is 0 Å². The second kappa shape index (κ2) is 7.90. The minimum Gasteiger partial charge on any atom is -0.301 e. The first-order valence-corrected chi connectivity index (χ1v) is 9.40. The summed E-state index contributed by atoms with van der Waals surface area (Å²) in [6, 6.07) is 0. The van der Waals surface area contributed by atoms with E-state index in [4.69, 9.17) is 0 Å². The van der Waals surface area contributed by atoms with Crippen molar-refractivity contribution in [2.45, 2.75) is 39.5 Å². The average Bonchev–Trinajstić information content (AvgIpc) is 2.33. The molecule has 0 spiro atoms. The molecule has 0 aliphatic carbocycles. The Hall–Kier alpha value is 0.590. The number of nitrogens with zero attached hydrogens (tertiary/aromatic N) is 1. The summed E-state index contributed by atoms with van der Waals surface area (Å²) < 4.78 is 11.4. The Balaban J connectivity index is 2.55. The van der Waals surface area contributed by atoms with Crippen molar-refractivity contribution in [2.24, 2.45) is 5.41 Å². The van der Waals surface area contributed by atoms with Crippen LogP contribution in [0, 0.1) is 5.41 Å². The largest absolute Gasteiger partial charge is 0.301 e. The standard InChI is InChI=1S/C13H26BrNOS/c1-3-5-13(11-14,6-4-2)12-15-7-9-17(16)10-8-15/h3-12H2,1-2H3. The van der Waals surface area contributed by atoms with E-state index in [2.05, 4.69) is 34.7 Å². The van der Waals surface area contributed by atoms with E-state index in [0.717, 1.165) is 29.9 Å². The van der Waals surface area contributed by atoms with Crippen LogP contribution in [0.4, 0.5) is 0 Å². The second-order valence-electron chi connectivity index (χ2n) is 5.26. The van der Waals surface area contributed by atoms with E-state index in [0.29, 0.717) is 5.41 Å². The van der Waals surface area contributed by atoms with E-state index in [1.165, 1.54) is 32.2 Å². The molecule has 0 atom stereocenters. The molecule has 2 nitrogen and oxygen atoms in total. The lowest BCUT2D eigenvalue weighted by atomic mass is 9.80. The number of halogens is 1. The van der Waals surface area contributed by atoms with E-state index in [1.807, 2.05) is 0 Å². The number of hydrogen-bond donors (Lipinski definition) is 0. The first kappa shape index (κ1) is 15.6. The summed E-state index contributed by atoms with van der Waals surface area (Å²) in [5, 5.41) is 1.10. The molecule has 0 bridgehead atoms. The van der Waals surface area contributed by atoms with Gasteiger partial charge in [0.05, 0.1) is 0 Å². The highest BCUT2D eigenvalue weighted by atomic mass is 79.9. The van der Waals surface area contributed by atoms with E-state index in [-0.39, 0.29) is 0 Å². The Morgan fingerprint density at radius 3 is 2.12 bits per heavy atom. The number of rotatable bonds is 7. The summed E-state index contributed by atoms with van der Waals surface area (Å²) in [6.45, 7) is 7.78. The third kappa shape index (κ3) is 4.99. The van der Waals surface area contributed by atoms with Gasteiger partial charge in [0, 0.05) is 47.3 Å². The van der Waals surface area contributed by atoms with E-state index < -0.39 is 10.8 Å². The van der Waals surface area contributed by atoms with Gasteiger partial charge in [-0.25, -0.2) is 0 Å². The minimum atomic E-state index is -0.552. The topological polar surface area (TPSA) is 20.3 Å². The van der Waals surface area contributed by atoms with Gasteiger partial charge in [-0.1, -0.05) is 42.6 Å². The summed E-state index contributed by atoms with van der Waals surface area (Å²) in [7, 11) is -0.552. The molecular formula is C13H26BrNOS. The Bertz CT molecular complexity index is 232. The van der Waals surface area contributed by atoms with Crippen LogP contribution in [0.3, 0.4) is 0 Å². The minimum absolute atomic E-state index is 0.433. The lowest BCUT2D eigenvalue weighted by Crippen LogP contribution is -2.45. The third-order valence-corrected chi connectivity index (χ3v) is 6.14. The molecule has 1 rings (SSSR count). The molecule has 0 amide bonds. The van der Waals surface area contributed by atoms with E-state index >= 15 is 0 Å². The van der Waals surface area contributed by atoms with Crippen LogP contribution in [0.15, 0.2) is 0 Å². The van der Waals surface area contributed by atoms with Gasteiger partial charge in [0.1, 0.15) is 0 Å². The molecule has 1 saturated heterocycles. The van der Waals surface area contributed by atoms with Crippen molar-refractivity contribution in [3.63, 3.8) is 0 Å². The highest BCUT2D eigenvalue weighted by molar-refractivity contribution is 9.09. The maximum atomic E-state index is 11.4. The zero-order valence-corrected chi connectivity index (χ0v) is 13.6. The maximum absolute atomic E-state index is 11.4. The Labute approximate surface area is 117 Å². The van der Waals surface area contributed by atoms with Gasteiger partial charge in [-0.2, -0.15) is 0 Å². The fourth-order valence-corrected chi connectivity index (χ4v) is 4.69. The lowest BCUT2D eigenvalue weighted by Gasteiger charge is -2.38. The van der Waals surface area contributed by atoms with Gasteiger partial charge in [0.25, 0.3) is 0 Å². The molecule has 0 N–H and O–H groups in total. The molecule has 1 aliphatic heterocycles. The van der Waals surface area contributed by atoms with Crippen LogP contribution in [0.2, 0.25) is 0 Å². The SMILES string of the molecule is CCCC(CBr)(CCC)CN1CCS(=O)CC1. The van der Waals surface area contributed by atoms with Crippen LogP contribution in [0.5, 0.6) is 0 Å². The molecule has 0 aromatic carbocycles. The smallest absolute Gasteiger partial charge is 0.0363 e. The van der Waals surface area contributed by atoms with Crippen molar-refractivity contribution in [3.05, 3.63) is 0 Å². The van der Waals surface area contributed by atoms with Gasteiger partial charge >= 0.3 is 0 Å². The zero-order valence-electron chi connectivity index (χ0n) is 11.2. The summed E-state index contributed by atoms with van der Waals surface area (Å²) in [6.07, 6.45) is 5.11. The van der Waals surface area contributed by atoms with Crippen LogP contribution >= 0.6 is 15.9 Å². The van der Waals surface area contributed by atoms with Crippen molar-refractivity contribution in [2.75, 3.05) is 36.5 Å². The molecular weight excluding hydrogens is 298 g/mol. The molecule has 0 aromatic rings. The molecule has 4 heteroatoms. The maximum Gasteiger partial charge on any atom is 0.0363 e. The molecule has 17 heavy (non-hydrogen) atoms. The predicted octanol–water partition coefficient (Wildman–Crippen LogP) is 3.03. The summed E-state index contributed by atoms with van der Waals surface area (Å²) in [5.74, 6) is 1.74. The first-order chi connectivity index (χ1) is 8.15. The van der Waals surface area contributed by atoms with Gasteiger partial charge in [-0.15, -0.1) is 0 Å². The molecule has 0 saturated carbocycles. The monoisotopic (exact) mass is 323 g/mol. The molecule has 0 radical (unpaired) electrons. The highest BCUT2D eigenvalue weighted by Gasteiger charge is 2.30. The summed E-state index contributed by atoms with van der Waals surface area (Å²) >= 11 is 3.73. The van der Waals surface area contributed by atoms with Gasteiger partial charge in [0.2, 0.25) is 0 Å². The number of hydrogen-bond acceptors (Lipinski definition) is 2. The molecule has 102 valence electrons. The van der Waals surface area contributed by atoms with Crippen LogP contribution in [0.1, 0.15) is 39.5 Å². The molecule has 1 aliphatic rings. The van der Waals surface area contributed by atoms with Gasteiger partial charge in [-0.05, 0) is 18.3 Å². The van der Waals surface area contributed by atoms with Crippen LogP contribution in [-0.4, -0.2) is 45.6 Å². The summed E-state index contributed by atoms with van der Waals surface area (Å²) in [4.78, 5) is 2.52.